The van der Waals surface area contributed by atoms with Crippen molar-refractivity contribution in [1.82, 2.24) is 0 Å². The smallest absolute Gasteiger partial charge is 0.264 e. The van der Waals surface area contributed by atoms with Crippen LogP contribution in [0.5, 0.6) is 0 Å². The SMILES string of the molecule is N#Cc1c(NS(=O)(=O)c2ccc(Cl)cc2)oc(-c2ccccc2)c1-c1ccccc1. The Hall–Kier alpha value is -3.53. The summed E-state index contributed by atoms with van der Waals surface area (Å²) in [5, 5.41) is 10.3. The van der Waals surface area contributed by atoms with Gasteiger partial charge in [-0.25, -0.2) is 13.1 Å². The van der Waals surface area contributed by atoms with Crippen molar-refractivity contribution in [3.63, 3.8) is 0 Å². The molecule has 148 valence electrons. The first kappa shape index (κ1) is 19.8. The zero-order chi connectivity index (χ0) is 21.1. The van der Waals surface area contributed by atoms with E-state index >= 15 is 0 Å². The van der Waals surface area contributed by atoms with E-state index in [1.807, 2.05) is 60.7 Å². The largest absolute Gasteiger partial charge is 0.438 e. The fourth-order valence-electron chi connectivity index (χ4n) is 3.08. The van der Waals surface area contributed by atoms with E-state index in [4.69, 9.17) is 16.0 Å². The standard InChI is InChI=1S/C23H15ClN2O3S/c24-18-11-13-19(14-12-18)30(27,28)26-23-20(15-25)21(16-7-3-1-4-8-16)22(29-23)17-9-5-2-6-10-17/h1-14,26H. The summed E-state index contributed by atoms with van der Waals surface area (Å²) < 4.78 is 34.0. The molecule has 5 nitrogen and oxygen atoms in total. The van der Waals surface area contributed by atoms with E-state index in [0.29, 0.717) is 16.3 Å². The normalized spacial score (nSPS) is 11.1. The number of sulfonamides is 1. The minimum Gasteiger partial charge on any atom is -0.438 e. The van der Waals surface area contributed by atoms with Gasteiger partial charge in [0.15, 0.2) is 0 Å². The molecule has 0 spiro atoms. The highest BCUT2D eigenvalue weighted by atomic mass is 35.5. The minimum absolute atomic E-state index is 0.00899. The zero-order valence-corrected chi connectivity index (χ0v) is 17.1. The van der Waals surface area contributed by atoms with Crippen LogP contribution in [0.25, 0.3) is 22.5 Å². The fraction of sp³-hybridized carbons (Fsp3) is 0. The van der Waals surface area contributed by atoms with Crippen LogP contribution in [0, 0.1) is 11.3 Å². The zero-order valence-electron chi connectivity index (χ0n) is 15.5. The van der Waals surface area contributed by atoms with Crippen LogP contribution >= 0.6 is 11.6 Å². The molecule has 7 heteroatoms. The van der Waals surface area contributed by atoms with Crippen molar-refractivity contribution in [3.8, 4) is 28.5 Å². The summed E-state index contributed by atoms with van der Waals surface area (Å²) >= 11 is 5.85. The van der Waals surface area contributed by atoms with Crippen molar-refractivity contribution in [2.24, 2.45) is 0 Å². The lowest BCUT2D eigenvalue weighted by atomic mass is 9.98. The van der Waals surface area contributed by atoms with Gasteiger partial charge < -0.3 is 4.42 Å². The summed E-state index contributed by atoms with van der Waals surface area (Å²) in [4.78, 5) is 0.00899. The number of nitriles is 1. The van der Waals surface area contributed by atoms with Crippen molar-refractivity contribution in [3.05, 3.63) is 95.5 Å². The predicted octanol–water partition coefficient (Wildman–Crippen LogP) is 5.94. The van der Waals surface area contributed by atoms with Gasteiger partial charge in [-0.3, -0.25) is 0 Å². The van der Waals surface area contributed by atoms with Crippen molar-refractivity contribution >= 4 is 27.5 Å². The molecule has 1 heterocycles. The number of halogens is 1. The Bertz CT molecular complexity index is 1330. The Kier molecular flexibility index (Phi) is 5.32. The average Bonchev–Trinajstić information content (AvgIpc) is 3.12. The summed E-state index contributed by atoms with van der Waals surface area (Å²) in [7, 11) is -3.98. The molecule has 0 bridgehead atoms. The van der Waals surface area contributed by atoms with Crippen LogP contribution < -0.4 is 4.72 Å². The minimum atomic E-state index is -3.98. The number of benzene rings is 3. The van der Waals surface area contributed by atoms with Gasteiger partial charge in [-0.2, -0.15) is 5.26 Å². The molecular weight excluding hydrogens is 420 g/mol. The van der Waals surface area contributed by atoms with E-state index < -0.39 is 10.0 Å². The first-order valence-electron chi connectivity index (χ1n) is 8.96. The molecule has 0 aliphatic rings. The van der Waals surface area contributed by atoms with Crippen LogP contribution in [0.15, 0.2) is 94.2 Å². The lowest BCUT2D eigenvalue weighted by Crippen LogP contribution is -2.13. The highest BCUT2D eigenvalue weighted by molar-refractivity contribution is 7.92. The molecule has 3 aromatic carbocycles. The number of hydrogen-bond acceptors (Lipinski definition) is 4. The summed E-state index contributed by atoms with van der Waals surface area (Å²) in [6.45, 7) is 0. The topological polar surface area (TPSA) is 83.1 Å². The van der Waals surface area contributed by atoms with E-state index in [9.17, 15) is 13.7 Å². The molecule has 0 fully saturated rings. The van der Waals surface area contributed by atoms with Gasteiger partial charge in [0.05, 0.1) is 4.90 Å². The third-order valence-electron chi connectivity index (χ3n) is 4.47. The lowest BCUT2D eigenvalue weighted by molar-refractivity contribution is 0.584. The first-order chi connectivity index (χ1) is 14.5. The van der Waals surface area contributed by atoms with Crippen molar-refractivity contribution in [2.75, 3.05) is 4.72 Å². The van der Waals surface area contributed by atoms with Gasteiger partial charge in [0.25, 0.3) is 10.0 Å². The maximum absolute atomic E-state index is 12.9. The van der Waals surface area contributed by atoms with Gasteiger partial charge in [0.2, 0.25) is 5.88 Å². The molecule has 4 aromatic rings. The first-order valence-corrected chi connectivity index (χ1v) is 10.8. The Labute approximate surface area is 179 Å². The second-order valence-corrected chi connectivity index (χ2v) is 8.53. The Balaban J connectivity index is 1.88. The molecular formula is C23H15ClN2O3S. The molecule has 0 saturated heterocycles. The van der Waals surface area contributed by atoms with E-state index in [1.54, 1.807) is 0 Å². The molecule has 0 amide bonds. The molecule has 0 saturated carbocycles. The van der Waals surface area contributed by atoms with Gasteiger partial charge in [0, 0.05) is 16.1 Å². The van der Waals surface area contributed by atoms with E-state index in [1.165, 1.54) is 24.3 Å². The molecule has 30 heavy (non-hydrogen) atoms. The van der Waals surface area contributed by atoms with Gasteiger partial charge in [-0.05, 0) is 29.8 Å². The molecule has 0 aliphatic heterocycles. The van der Waals surface area contributed by atoms with Crippen LogP contribution in [-0.4, -0.2) is 8.42 Å². The van der Waals surface area contributed by atoms with Crippen LogP contribution in [0.4, 0.5) is 5.88 Å². The molecule has 0 aliphatic carbocycles. The second-order valence-electron chi connectivity index (χ2n) is 6.41. The Morgan fingerprint density at radius 2 is 1.40 bits per heavy atom. The molecule has 1 aromatic heterocycles. The van der Waals surface area contributed by atoms with Gasteiger partial charge in [0.1, 0.15) is 17.4 Å². The van der Waals surface area contributed by atoms with Crippen molar-refractivity contribution in [2.45, 2.75) is 4.90 Å². The summed E-state index contributed by atoms with van der Waals surface area (Å²) in [6, 6.07) is 26.3. The van der Waals surface area contributed by atoms with E-state index in [2.05, 4.69) is 10.8 Å². The third-order valence-corrected chi connectivity index (χ3v) is 6.07. The maximum Gasteiger partial charge on any atom is 0.264 e. The molecule has 0 atom stereocenters. The second kappa shape index (κ2) is 8.07. The number of rotatable bonds is 5. The number of nitrogens with one attached hydrogen (secondary N) is 1. The van der Waals surface area contributed by atoms with Crippen LogP contribution in [0.3, 0.4) is 0 Å². The van der Waals surface area contributed by atoms with E-state index in [-0.39, 0.29) is 16.3 Å². The lowest BCUT2D eigenvalue weighted by Gasteiger charge is -2.06. The number of hydrogen-bond donors (Lipinski definition) is 1. The van der Waals surface area contributed by atoms with Gasteiger partial charge in [-0.15, -0.1) is 0 Å². The van der Waals surface area contributed by atoms with E-state index in [0.717, 1.165) is 11.1 Å². The maximum atomic E-state index is 12.9. The Morgan fingerprint density at radius 3 is 1.97 bits per heavy atom. The number of anilines is 1. The van der Waals surface area contributed by atoms with Gasteiger partial charge >= 0.3 is 0 Å². The van der Waals surface area contributed by atoms with Crippen LogP contribution in [0.1, 0.15) is 5.56 Å². The number of nitrogens with zero attached hydrogens (tertiary/aromatic N) is 1. The highest BCUT2D eigenvalue weighted by Gasteiger charge is 2.26. The summed E-state index contributed by atoms with van der Waals surface area (Å²) in [6.07, 6.45) is 0. The quantitative estimate of drug-likeness (QED) is 0.421. The molecule has 4 rings (SSSR count). The van der Waals surface area contributed by atoms with Crippen LogP contribution in [-0.2, 0) is 10.0 Å². The molecule has 0 radical (unpaired) electrons. The summed E-state index contributed by atoms with van der Waals surface area (Å²) in [5.41, 5.74) is 2.11. The van der Waals surface area contributed by atoms with Crippen molar-refractivity contribution < 1.29 is 12.8 Å². The molecule has 1 N–H and O–H groups in total. The van der Waals surface area contributed by atoms with Gasteiger partial charge in [-0.1, -0.05) is 72.3 Å². The van der Waals surface area contributed by atoms with Crippen molar-refractivity contribution in [1.29, 1.82) is 5.26 Å². The van der Waals surface area contributed by atoms with Crippen LogP contribution in [0.2, 0.25) is 5.02 Å². The Morgan fingerprint density at radius 1 is 0.833 bits per heavy atom. The fourth-order valence-corrected chi connectivity index (χ4v) is 4.20. The highest BCUT2D eigenvalue weighted by Crippen LogP contribution is 2.41. The molecule has 0 unspecified atom stereocenters. The monoisotopic (exact) mass is 434 g/mol. The average molecular weight is 435 g/mol. The third kappa shape index (κ3) is 3.81. The number of furan rings is 1. The summed E-state index contributed by atoms with van der Waals surface area (Å²) in [5.74, 6) is 0.275. The predicted molar refractivity (Wildman–Crippen MR) is 117 cm³/mol.